The summed E-state index contributed by atoms with van der Waals surface area (Å²) in [6.45, 7) is 0. The lowest BCUT2D eigenvalue weighted by molar-refractivity contribution is 1.24. The van der Waals surface area contributed by atoms with E-state index in [0.717, 1.165) is 20.9 Å². The Hall–Kier alpha value is -2.58. The average molecular weight is 202 g/mol. The molecular weight excluding hydrogens is 196 g/mol. The highest BCUT2D eigenvalue weighted by atomic mass is 14.3. The zero-order valence-electron chi connectivity index (χ0n) is 8.36. The van der Waals surface area contributed by atoms with Crippen LogP contribution in [-0.2, 0) is 0 Å². The Morgan fingerprint density at radius 3 is 1.50 bits per heavy atom. The summed E-state index contributed by atoms with van der Waals surface area (Å²) in [5.74, 6) is 0. The summed E-state index contributed by atoms with van der Waals surface area (Å²) in [6.07, 6.45) is 0. The largest absolute Gasteiger partial charge is 0.192 e. The number of nitriles is 2. The van der Waals surface area contributed by atoms with Crippen LogP contribution in [0.25, 0.3) is 0 Å². The third kappa shape index (κ3) is 0.886. The summed E-state index contributed by atoms with van der Waals surface area (Å²) in [6, 6.07) is 15.6. The van der Waals surface area contributed by atoms with Gasteiger partial charge in [-0.3, -0.25) is 0 Å². The lowest BCUT2D eigenvalue weighted by Crippen LogP contribution is -1.97. The van der Waals surface area contributed by atoms with Gasteiger partial charge in [0.25, 0.3) is 0 Å². The van der Waals surface area contributed by atoms with Crippen LogP contribution in [0.5, 0.6) is 0 Å². The fraction of sp³-hybridized carbons (Fsp3) is 0. The number of rotatable bonds is 0. The number of fused-ring (bicyclic) bond motifs is 2. The Bertz CT molecular complexity index is 791. The summed E-state index contributed by atoms with van der Waals surface area (Å²) in [5.41, 5.74) is 1.29. The van der Waals surface area contributed by atoms with Crippen LogP contribution in [-0.4, -0.2) is 0 Å². The van der Waals surface area contributed by atoms with E-state index < -0.39 is 0 Å². The molecule has 1 aliphatic rings. The standard InChI is InChI=1S/C14H6N2/c15-7-9-3-1-5-11-12-6-2-4-10(8-16)14(12)13(9)11/h1-6H. The van der Waals surface area contributed by atoms with E-state index in [0.29, 0.717) is 11.1 Å². The lowest BCUT2D eigenvalue weighted by atomic mass is 9.95. The predicted octanol–water partition coefficient (Wildman–Crippen LogP) is 2.32. The second kappa shape index (κ2) is 2.95. The molecule has 2 heteroatoms. The highest BCUT2D eigenvalue weighted by molar-refractivity contribution is 5.45. The zero-order valence-corrected chi connectivity index (χ0v) is 8.36. The molecule has 0 fully saturated rings. The summed E-state index contributed by atoms with van der Waals surface area (Å²) in [5, 5.41) is 22.1. The zero-order chi connectivity index (χ0) is 11.1. The molecule has 2 aromatic rings. The van der Waals surface area contributed by atoms with Gasteiger partial charge < -0.3 is 0 Å². The maximum Gasteiger partial charge on any atom is 0.0998 e. The van der Waals surface area contributed by atoms with E-state index >= 15 is 0 Å². The molecular formula is C14H6N2. The molecule has 1 aliphatic carbocycles. The number of nitrogens with zero attached hydrogens (tertiary/aromatic N) is 2. The van der Waals surface area contributed by atoms with Gasteiger partial charge in [0.15, 0.2) is 0 Å². The van der Waals surface area contributed by atoms with Crippen molar-refractivity contribution in [3.05, 3.63) is 68.4 Å². The molecule has 0 unspecified atom stereocenters. The quantitative estimate of drug-likeness (QED) is 0.561. The molecule has 0 spiro atoms. The first kappa shape index (κ1) is 8.71. The van der Waals surface area contributed by atoms with Gasteiger partial charge in [-0.05, 0) is 22.6 Å². The Morgan fingerprint density at radius 1 is 0.688 bits per heavy atom. The van der Waals surface area contributed by atoms with E-state index in [1.807, 2.05) is 24.3 Å². The van der Waals surface area contributed by atoms with Crippen LogP contribution in [0, 0.1) is 43.5 Å². The molecule has 0 bridgehead atoms. The fourth-order valence-electron chi connectivity index (χ4n) is 2.22. The van der Waals surface area contributed by atoms with Crippen molar-refractivity contribution >= 4 is 0 Å². The third-order valence-electron chi connectivity index (χ3n) is 2.91. The van der Waals surface area contributed by atoms with Crippen LogP contribution >= 0.6 is 0 Å². The van der Waals surface area contributed by atoms with Gasteiger partial charge in [0.05, 0.1) is 23.3 Å². The molecule has 2 nitrogen and oxygen atoms in total. The minimum Gasteiger partial charge on any atom is -0.192 e. The van der Waals surface area contributed by atoms with Crippen LogP contribution in [0.4, 0.5) is 0 Å². The van der Waals surface area contributed by atoms with Crippen molar-refractivity contribution in [3.8, 4) is 12.1 Å². The maximum atomic E-state index is 9.03. The van der Waals surface area contributed by atoms with Gasteiger partial charge in [0, 0.05) is 10.4 Å². The predicted molar refractivity (Wildman–Crippen MR) is 57.7 cm³/mol. The van der Waals surface area contributed by atoms with Crippen LogP contribution in [0.1, 0.15) is 11.1 Å². The van der Waals surface area contributed by atoms with Crippen LogP contribution in [0.2, 0.25) is 0 Å². The van der Waals surface area contributed by atoms with Gasteiger partial charge in [-0.1, -0.05) is 24.3 Å². The molecule has 0 saturated heterocycles. The van der Waals surface area contributed by atoms with Crippen molar-refractivity contribution in [2.75, 3.05) is 0 Å². The second-order valence-corrected chi connectivity index (χ2v) is 3.68. The summed E-state index contributed by atoms with van der Waals surface area (Å²) in [4.78, 5) is 0. The van der Waals surface area contributed by atoms with Gasteiger partial charge in [-0.15, -0.1) is 0 Å². The topological polar surface area (TPSA) is 47.6 Å². The minimum absolute atomic E-state index is 0.646. The molecule has 0 heterocycles. The Morgan fingerprint density at radius 2 is 1.12 bits per heavy atom. The number of hydrogen-bond acceptors (Lipinski definition) is 2. The molecule has 0 N–H and O–H groups in total. The average Bonchev–Trinajstić information content (AvgIpc) is 2.34. The van der Waals surface area contributed by atoms with Crippen molar-refractivity contribution in [3.63, 3.8) is 0 Å². The van der Waals surface area contributed by atoms with Gasteiger partial charge in [-0.2, -0.15) is 10.5 Å². The van der Waals surface area contributed by atoms with Crippen LogP contribution in [0.15, 0.2) is 36.4 Å². The molecule has 0 saturated carbocycles. The van der Waals surface area contributed by atoms with Crippen LogP contribution in [0.3, 0.4) is 0 Å². The molecule has 3 rings (SSSR count). The van der Waals surface area contributed by atoms with E-state index in [2.05, 4.69) is 12.1 Å². The molecule has 16 heavy (non-hydrogen) atoms. The van der Waals surface area contributed by atoms with Gasteiger partial charge in [-0.25, -0.2) is 0 Å². The first-order valence-corrected chi connectivity index (χ1v) is 4.94. The molecule has 0 aliphatic heterocycles. The Kier molecular flexibility index (Phi) is 1.61. The molecule has 0 aromatic heterocycles. The smallest absolute Gasteiger partial charge is 0.0998 e. The van der Waals surface area contributed by atoms with Gasteiger partial charge >= 0.3 is 0 Å². The number of benzene rings is 2. The Labute approximate surface area is 91.6 Å². The van der Waals surface area contributed by atoms with Crippen molar-refractivity contribution < 1.29 is 0 Å². The summed E-state index contributed by atoms with van der Waals surface area (Å²) < 4.78 is 0. The normalized spacial score (nSPS) is 10.4. The van der Waals surface area contributed by atoms with E-state index in [1.165, 1.54) is 0 Å². The lowest BCUT2D eigenvalue weighted by Gasteiger charge is -2.06. The summed E-state index contributed by atoms with van der Waals surface area (Å²) in [7, 11) is 0. The van der Waals surface area contributed by atoms with Crippen molar-refractivity contribution in [1.29, 1.82) is 10.5 Å². The molecule has 0 radical (unpaired) electrons. The van der Waals surface area contributed by atoms with E-state index in [4.69, 9.17) is 10.5 Å². The SMILES string of the molecule is N#Cc1cccc2c1=c1c(C#N)cccc1=2. The fourth-order valence-corrected chi connectivity index (χ4v) is 2.22. The van der Waals surface area contributed by atoms with Crippen molar-refractivity contribution in [2.45, 2.75) is 0 Å². The van der Waals surface area contributed by atoms with Gasteiger partial charge in [0.1, 0.15) is 0 Å². The molecule has 72 valence electrons. The maximum absolute atomic E-state index is 9.03. The van der Waals surface area contributed by atoms with Crippen molar-refractivity contribution in [1.82, 2.24) is 0 Å². The Balaban J connectivity index is 2.70. The highest BCUT2D eigenvalue weighted by Crippen LogP contribution is 2.18. The van der Waals surface area contributed by atoms with E-state index in [9.17, 15) is 0 Å². The van der Waals surface area contributed by atoms with Crippen LogP contribution < -0.4 is 0 Å². The van der Waals surface area contributed by atoms with Gasteiger partial charge in [0.2, 0.25) is 0 Å². The van der Waals surface area contributed by atoms with Crippen molar-refractivity contribution in [2.24, 2.45) is 0 Å². The van der Waals surface area contributed by atoms with E-state index in [1.54, 1.807) is 12.1 Å². The highest BCUT2D eigenvalue weighted by Gasteiger charge is 2.09. The first-order valence-electron chi connectivity index (χ1n) is 4.94. The van der Waals surface area contributed by atoms with E-state index in [-0.39, 0.29) is 0 Å². The number of hydrogen-bond donors (Lipinski definition) is 0. The molecule has 0 amide bonds. The third-order valence-corrected chi connectivity index (χ3v) is 2.91. The molecule has 2 aromatic carbocycles. The first-order chi connectivity index (χ1) is 7.86. The second-order valence-electron chi connectivity index (χ2n) is 3.68. The monoisotopic (exact) mass is 202 g/mol. The minimum atomic E-state index is 0.646. The summed E-state index contributed by atoms with van der Waals surface area (Å²) >= 11 is 0. The molecule has 0 atom stereocenters.